The molecule has 0 atom stereocenters. The number of aryl methyl sites for hydroxylation is 1. The molecule has 1 rings (SSSR count). The Morgan fingerprint density at radius 3 is 2.60 bits per heavy atom. The van der Waals surface area contributed by atoms with Crippen LogP contribution in [-0.2, 0) is 6.42 Å². The Balaban J connectivity index is 0.000000810. The van der Waals surface area contributed by atoms with Gasteiger partial charge in [-0.1, -0.05) is 6.92 Å². The molecule has 0 amide bonds. The lowest BCUT2D eigenvalue weighted by atomic mass is 10.3. The van der Waals surface area contributed by atoms with E-state index in [2.05, 4.69) is 0 Å². The third-order valence-electron chi connectivity index (χ3n) is 1.28. The Morgan fingerprint density at radius 2 is 2.20 bits per heavy atom. The molecule has 10 heavy (non-hydrogen) atoms. The maximum absolute atomic E-state index is 9.03. The van der Waals surface area contributed by atoms with Crippen LogP contribution >= 0.6 is 0 Å². The molecule has 56 valence electrons. The molecule has 0 aliphatic carbocycles. The smallest absolute Gasteiger partial charge is 0.233 e. The second-order valence-corrected chi connectivity index (χ2v) is 1.89. The summed E-state index contributed by atoms with van der Waals surface area (Å²) in [6.07, 6.45) is 2.48. The molecule has 0 aromatic carbocycles. The van der Waals surface area contributed by atoms with E-state index in [-0.39, 0.29) is 24.0 Å². The van der Waals surface area contributed by atoms with Crippen molar-refractivity contribution in [3.8, 4) is 0 Å². The minimum absolute atomic E-state index is 0. The van der Waals surface area contributed by atoms with E-state index in [9.17, 15) is 0 Å². The van der Waals surface area contributed by atoms with Crippen LogP contribution < -0.4 is 28.7 Å². The van der Waals surface area contributed by atoms with Gasteiger partial charge < -0.3 is 24.0 Å². The van der Waals surface area contributed by atoms with Gasteiger partial charge in [0.25, 0.3) is 0 Å². The van der Waals surface area contributed by atoms with Gasteiger partial charge in [0.15, 0.2) is 0 Å². The first-order chi connectivity index (χ1) is 4.34. The van der Waals surface area contributed by atoms with Gasteiger partial charge in [0.05, 0.1) is 0 Å². The predicted octanol–water partition coefficient (Wildman–Crippen LogP) is -2.22. The van der Waals surface area contributed by atoms with Crippen LogP contribution in [0, 0.1) is 0 Å². The molecule has 1 N–H and O–H groups in total. The Hall–Kier alpha value is -0.320. The summed E-state index contributed by atoms with van der Waals surface area (Å²) in [6, 6.07) is 5.59. The maximum atomic E-state index is 9.03. The van der Waals surface area contributed by atoms with Gasteiger partial charge in [0.1, 0.15) is 0 Å². The Labute approximate surface area is 77.5 Å². The number of pyridine rings is 1. The molecule has 3 heteroatoms. The second kappa shape index (κ2) is 4.49. The molecule has 0 fully saturated rings. The molecule has 1 aromatic heterocycles. The van der Waals surface area contributed by atoms with Crippen LogP contribution in [-0.4, -0.2) is 5.21 Å². The summed E-state index contributed by atoms with van der Waals surface area (Å²) in [6.45, 7) is 2.00. The zero-order valence-electron chi connectivity index (χ0n) is 5.79. The fourth-order valence-corrected chi connectivity index (χ4v) is 0.750. The van der Waals surface area contributed by atoms with Crippen molar-refractivity contribution >= 4 is 0 Å². The quantitative estimate of drug-likeness (QED) is 0.341. The minimum Gasteiger partial charge on any atom is -1.00 e. The molecular formula is C7H10INO. The lowest BCUT2D eigenvalue weighted by Crippen LogP contribution is -3.00. The standard InChI is InChI=1S/C7H10NO.HI/c1-2-7-5-3-4-6-8(7)9;/h3-6,9H,2H2,1H3;1H/q+1;/p-1. The molecule has 0 bridgehead atoms. The summed E-state index contributed by atoms with van der Waals surface area (Å²) in [7, 11) is 0. The summed E-state index contributed by atoms with van der Waals surface area (Å²) in [5, 5.41) is 9.03. The molecule has 0 spiro atoms. The summed E-state index contributed by atoms with van der Waals surface area (Å²) >= 11 is 0. The van der Waals surface area contributed by atoms with Gasteiger partial charge in [-0.05, 0) is 6.07 Å². The topological polar surface area (TPSA) is 24.1 Å². The summed E-state index contributed by atoms with van der Waals surface area (Å²) in [5.41, 5.74) is 0.928. The Bertz CT molecular complexity index is 203. The first-order valence-electron chi connectivity index (χ1n) is 3.03. The highest BCUT2D eigenvalue weighted by molar-refractivity contribution is 4.95. The van der Waals surface area contributed by atoms with Crippen LogP contribution in [0.1, 0.15) is 12.6 Å². The largest absolute Gasteiger partial charge is 1.00 e. The van der Waals surface area contributed by atoms with E-state index < -0.39 is 0 Å². The highest BCUT2D eigenvalue weighted by Gasteiger charge is 2.01. The third-order valence-corrected chi connectivity index (χ3v) is 1.28. The lowest BCUT2D eigenvalue weighted by Gasteiger charge is -1.87. The fourth-order valence-electron chi connectivity index (χ4n) is 0.750. The summed E-state index contributed by atoms with van der Waals surface area (Å²) in [5.74, 6) is 0. The summed E-state index contributed by atoms with van der Waals surface area (Å²) < 4.78 is 1.14. The van der Waals surface area contributed by atoms with Gasteiger partial charge in [-0.15, -0.1) is 0 Å². The van der Waals surface area contributed by atoms with Crippen molar-refractivity contribution in [3.63, 3.8) is 0 Å². The van der Waals surface area contributed by atoms with Crippen molar-refractivity contribution < 1.29 is 33.9 Å². The molecule has 0 unspecified atom stereocenters. The SMILES string of the molecule is CCc1cccc[n+]1O.[I-]. The normalized spacial score (nSPS) is 8.50. The molecule has 0 radical (unpaired) electrons. The predicted molar refractivity (Wildman–Crippen MR) is 33.2 cm³/mol. The Kier molecular flexibility index (Phi) is 4.34. The number of aromatic nitrogens is 1. The maximum Gasteiger partial charge on any atom is 0.233 e. The van der Waals surface area contributed by atoms with Crippen LogP contribution in [0.15, 0.2) is 24.4 Å². The fraction of sp³-hybridized carbons (Fsp3) is 0.286. The first-order valence-corrected chi connectivity index (χ1v) is 3.03. The van der Waals surface area contributed by atoms with Crippen molar-refractivity contribution in [3.05, 3.63) is 30.1 Å². The third kappa shape index (κ3) is 2.13. The number of rotatable bonds is 1. The molecule has 0 aliphatic heterocycles. The van der Waals surface area contributed by atoms with Crippen LogP contribution in [0.3, 0.4) is 0 Å². The van der Waals surface area contributed by atoms with E-state index in [1.54, 1.807) is 12.3 Å². The van der Waals surface area contributed by atoms with Crippen LogP contribution in [0.5, 0.6) is 0 Å². The number of hydrogen-bond donors (Lipinski definition) is 1. The molecule has 0 saturated heterocycles. The van der Waals surface area contributed by atoms with E-state index in [1.807, 2.05) is 19.1 Å². The monoisotopic (exact) mass is 251 g/mol. The van der Waals surface area contributed by atoms with E-state index in [0.29, 0.717) is 0 Å². The van der Waals surface area contributed by atoms with Gasteiger partial charge in [0.2, 0.25) is 11.9 Å². The van der Waals surface area contributed by atoms with Gasteiger partial charge in [-0.2, -0.15) is 0 Å². The second-order valence-electron chi connectivity index (χ2n) is 1.89. The number of halogens is 1. The zero-order valence-corrected chi connectivity index (χ0v) is 7.95. The average Bonchev–Trinajstić information content (AvgIpc) is 1.89. The Morgan fingerprint density at radius 1 is 1.50 bits per heavy atom. The zero-order chi connectivity index (χ0) is 6.69. The van der Waals surface area contributed by atoms with E-state index >= 15 is 0 Å². The van der Waals surface area contributed by atoms with Gasteiger partial charge in [0, 0.05) is 23.3 Å². The van der Waals surface area contributed by atoms with Crippen molar-refractivity contribution in [2.45, 2.75) is 13.3 Å². The van der Waals surface area contributed by atoms with Crippen molar-refractivity contribution in [2.75, 3.05) is 0 Å². The molecule has 0 saturated carbocycles. The van der Waals surface area contributed by atoms with Crippen molar-refractivity contribution in [1.82, 2.24) is 0 Å². The highest BCUT2D eigenvalue weighted by atomic mass is 127. The molecule has 0 aliphatic rings. The molecule has 1 aromatic rings. The molecule has 1 heterocycles. The van der Waals surface area contributed by atoms with Crippen molar-refractivity contribution in [2.24, 2.45) is 0 Å². The summed E-state index contributed by atoms with van der Waals surface area (Å²) in [4.78, 5) is 0. The average molecular weight is 251 g/mol. The van der Waals surface area contributed by atoms with Gasteiger partial charge >= 0.3 is 0 Å². The number of hydrogen-bond acceptors (Lipinski definition) is 1. The van der Waals surface area contributed by atoms with E-state index in [1.165, 1.54) is 0 Å². The van der Waals surface area contributed by atoms with Crippen LogP contribution in [0.25, 0.3) is 0 Å². The molecule has 2 nitrogen and oxygen atoms in total. The van der Waals surface area contributed by atoms with E-state index in [4.69, 9.17) is 5.21 Å². The number of nitrogens with zero attached hydrogens (tertiary/aromatic N) is 1. The minimum atomic E-state index is 0. The van der Waals surface area contributed by atoms with Gasteiger partial charge in [-0.3, -0.25) is 5.21 Å². The van der Waals surface area contributed by atoms with Crippen LogP contribution in [0.4, 0.5) is 0 Å². The van der Waals surface area contributed by atoms with Crippen molar-refractivity contribution in [1.29, 1.82) is 0 Å². The van der Waals surface area contributed by atoms with Crippen LogP contribution in [0.2, 0.25) is 0 Å². The first kappa shape index (κ1) is 9.68. The molecular weight excluding hydrogens is 241 g/mol. The van der Waals surface area contributed by atoms with E-state index in [0.717, 1.165) is 16.8 Å². The highest BCUT2D eigenvalue weighted by Crippen LogP contribution is 1.88. The van der Waals surface area contributed by atoms with Gasteiger partial charge in [-0.25, -0.2) is 0 Å². The lowest BCUT2D eigenvalue weighted by molar-refractivity contribution is -0.909.